The van der Waals surface area contributed by atoms with Crippen LogP contribution in [-0.4, -0.2) is 25.9 Å². The zero-order valence-electron chi connectivity index (χ0n) is 14.1. The first-order valence-electron chi connectivity index (χ1n) is 8.89. The van der Waals surface area contributed by atoms with Crippen LogP contribution in [-0.2, 0) is 9.47 Å². The number of ether oxygens (including phenoxy) is 2. The van der Waals surface area contributed by atoms with Gasteiger partial charge in [-0.1, -0.05) is 72.1 Å². The van der Waals surface area contributed by atoms with Crippen molar-refractivity contribution in [3.8, 4) is 0 Å². The van der Waals surface area contributed by atoms with Gasteiger partial charge in [0.15, 0.2) is 0 Å². The number of unbranched alkanes of at least 4 members (excludes halogenated alkanes) is 6. The van der Waals surface area contributed by atoms with Crippen molar-refractivity contribution in [3.05, 3.63) is 0 Å². The van der Waals surface area contributed by atoms with Gasteiger partial charge >= 0.3 is 0 Å². The maximum absolute atomic E-state index is 5.91. The van der Waals surface area contributed by atoms with E-state index in [1.54, 1.807) is 0 Å². The van der Waals surface area contributed by atoms with Crippen LogP contribution in [0.3, 0.4) is 0 Å². The molecule has 1 atom stereocenters. The lowest BCUT2D eigenvalue weighted by molar-refractivity contribution is 0.0322. The van der Waals surface area contributed by atoms with Gasteiger partial charge in [0.05, 0.1) is 19.8 Å². The fourth-order valence-corrected chi connectivity index (χ4v) is 2.83. The molecular formula is C18H36O2. The highest BCUT2D eigenvalue weighted by atomic mass is 16.6. The van der Waals surface area contributed by atoms with E-state index in [2.05, 4.69) is 20.8 Å². The van der Waals surface area contributed by atoms with Crippen LogP contribution in [0.5, 0.6) is 0 Å². The SMILES string of the molecule is CCCCCCC(C)(CCCCCC)COCC1CO1. The standard InChI is InChI=1S/C18H36O2/c1-4-6-8-10-12-18(3,13-11-9-7-5-2)16-19-14-17-15-20-17/h17H,4-16H2,1-3H3. The molecule has 0 amide bonds. The highest BCUT2D eigenvalue weighted by Gasteiger charge is 2.27. The summed E-state index contributed by atoms with van der Waals surface area (Å²) in [6, 6.07) is 0. The molecule has 1 saturated heterocycles. The molecule has 1 fully saturated rings. The van der Waals surface area contributed by atoms with E-state index in [9.17, 15) is 0 Å². The lowest BCUT2D eigenvalue weighted by atomic mass is 9.80. The Hall–Kier alpha value is -0.0800. The van der Waals surface area contributed by atoms with Crippen molar-refractivity contribution in [2.24, 2.45) is 5.41 Å². The first-order valence-corrected chi connectivity index (χ1v) is 8.89. The third-order valence-corrected chi connectivity index (χ3v) is 4.42. The van der Waals surface area contributed by atoms with Crippen LogP contribution >= 0.6 is 0 Å². The van der Waals surface area contributed by atoms with E-state index < -0.39 is 0 Å². The largest absolute Gasteiger partial charge is 0.378 e. The summed E-state index contributed by atoms with van der Waals surface area (Å²) in [5, 5.41) is 0. The van der Waals surface area contributed by atoms with E-state index in [0.717, 1.165) is 19.8 Å². The molecule has 1 aliphatic heterocycles. The van der Waals surface area contributed by atoms with E-state index in [1.807, 2.05) is 0 Å². The van der Waals surface area contributed by atoms with Gasteiger partial charge in [-0.15, -0.1) is 0 Å². The Labute approximate surface area is 126 Å². The first-order chi connectivity index (χ1) is 9.70. The molecule has 0 aromatic heterocycles. The minimum Gasteiger partial charge on any atom is -0.378 e. The molecule has 2 heteroatoms. The topological polar surface area (TPSA) is 21.8 Å². The van der Waals surface area contributed by atoms with E-state index in [0.29, 0.717) is 11.5 Å². The Balaban J connectivity index is 2.21. The van der Waals surface area contributed by atoms with Gasteiger partial charge in [0.1, 0.15) is 6.10 Å². The van der Waals surface area contributed by atoms with E-state index in [4.69, 9.17) is 9.47 Å². The molecular weight excluding hydrogens is 248 g/mol. The van der Waals surface area contributed by atoms with Crippen LogP contribution in [0.4, 0.5) is 0 Å². The molecule has 1 aliphatic rings. The van der Waals surface area contributed by atoms with E-state index in [-0.39, 0.29) is 0 Å². The normalized spacial score (nSPS) is 18.4. The Bertz CT molecular complexity index is 211. The third-order valence-electron chi connectivity index (χ3n) is 4.42. The summed E-state index contributed by atoms with van der Waals surface area (Å²) in [6.07, 6.45) is 13.9. The molecule has 0 bridgehead atoms. The molecule has 2 nitrogen and oxygen atoms in total. The zero-order chi connectivity index (χ0) is 14.7. The van der Waals surface area contributed by atoms with Crippen LogP contribution in [0.1, 0.15) is 85.0 Å². The van der Waals surface area contributed by atoms with Gasteiger partial charge < -0.3 is 9.47 Å². The maximum Gasteiger partial charge on any atom is 0.104 e. The molecule has 0 N–H and O–H groups in total. The molecule has 0 saturated carbocycles. The monoisotopic (exact) mass is 284 g/mol. The van der Waals surface area contributed by atoms with Crippen LogP contribution in [0.15, 0.2) is 0 Å². The number of epoxide rings is 1. The second kappa shape index (κ2) is 10.6. The second-order valence-electron chi connectivity index (χ2n) is 6.90. The van der Waals surface area contributed by atoms with Gasteiger partial charge in [0, 0.05) is 0 Å². The summed E-state index contributed by atoms with van der Waals surface area (Å²) in [5.74, 6) is 0. The highest BCUT2D eigenvalue weighted by molar-refractivity contribution is 4.76. The van der Waals surface area contributed by atoms with Crippen molar-refractivity contribution in [1.82, 2.24) is 0 Å². The Morgan fingerprint density at radius 3 is 1.95 bits per heavy atom. The third kappa shape index (κ3) is 8.97. The van der Waals surface area contributed by atoms with Crippen LogP contribution < -0.4 is 0 Å². The van der Waals surface area contributed by atoms with Gasteiger partial charge in [0.2, 0.25) is 0 Å². The van der Waals surface area contributed by atoms with Gasteiger partial charge in [0.25, 0.3) is 0 Å². The summed E-state index contributed by atoms with van der Waals surface area (Å²) in [4.78, 5) is 0. The molecule has 0 aromatic carbocycles. The summed E-state index contributed by atoms with van der Waals surface area (Å²) in [6.45, 7) is 9.62. The first kappa shape index (κ1) is 18.0. The molecule has 0 radical (unpaired) electrons. The van der Waals surface area contributed by atoms with Gasteiger partial charge in [-0.05, 0) is 18.3 Å². The molecule has 1 unspecified atom stereocenters. The zero-order valence-corrected chi connectivity index (χ0v) is 14.1. The van der Waals surface area contributed by atoms with Crippen LogP contribution in [0.2, 0.25) is 0 Å². The summed E-state index contributed by atoms with van der Waals surface area (Å²) >= 11 is 0. The minimum absolute atomic E-state index is 0.385. The smallest absolute Gasteiger partial charge is 0.104 e. The fourth-order valence-electron chi connectivity index (χ4n) is 2.83. The van der Waals surface area contributed by atoms with Gasteiger partial charge in [-0.3, -0.25) is 0 Å². The quantitative estimate of drug-likeness (QED) is 0.317. The summed E-state index contributed by atoms with van der Waals surface area (Å²) < 4.78 is 11.1. The lowest BCUT2D eigenvalue weighted by Gasteiger charge is -2.29. The summed E-state index contributed by atoms with van der Waals surface area (Å²) in [5.41, 5.74) is 0.385. The molecule has 0 spiro atoms. The van der Waals surface area contributed by atoms with Crippen molar-refractivity contribution in [1.29, 1.82) is 0 Å². The van der Waals surface area contributed by atoms with E-state index >= 15 is 0 Å². The fraction of sp³-hybridized carbons (Fsp3) is 1.00. The average Bonchev–Trinajstić information content (AvgIpc) is 3.24. The highest BCUT2D eigenvalue weighted by Crippen LogP contribution is 2.32. The predicted octanol–water partition coefficient (Wildman–Crippen LogP) is 5.35. The van der Waals surface area contributed by atoms with Crippen molar-refractivity contribution < 1.29 is 9.47 Å². The van der Waals surface area contributed by atoms with E-state index in [1.165, 1.54) is 64.2 Å². The van der Waals surface area contributed by atoms with Gasteiger partial charge in [-0.25, -0.2) is 0 Å². The minimum atomic E-state index is 0.385. The average molecular weight is 284 g/mol. The molecule has 0 aliphatic carbocycles. The molecule has 120 valence electrons. The molecule has 1 heterocycles. The molecule has 20 heavy (non-hydrogen) atoms. The van der Waals surface area contributed by atoms with Gasteiger partial charge in [-0.2, -0.15) is 0 Å². The lowest BCUT2D eigenvalue weighted by Crippen LogP contribution is -2.24. The number of hydrogen-bond acceptors (Lipinski definition) is 2. The van der Waals surface area contributed by atoms with Crippen molar-refractivity contribution in [2.45, 2.75) is 91.1 Å². The predicted molar refractivity (Wildman–Crippen MR) is 86.2 cm³/mol. The maximum atomic E-state index is 5.91. The van der Waals surface area contributed by atoms with Crippen LogP contribution in [0, 0.1) is 5.41 Å². The Kier molecular flexibility index (Phi) is 9.54. The Morgan fingerprint density at radius 1 is 0.950 bits per heavy atom. The molecule has 0 aromatic rings. The van der Waals surface area contributed by atoms with Crippen molar-refractivity contribution >= 4 is 0 Å². The van der Waals surface area contributed by atoms with Crippen molar-refractivity contribution in [3.63, 3.8) is 0 Å². The summed E-state index contributed by atoms with van der Waals surface area (Å²) in [7, 11) is 0. The number of hydrogen-bond donors (Lipinski definition) is 0. The molecule has 1 rings (SSSR count). The second-order valence-corrected chi connectivity index (χ2v) is 6.90. The van der Waals surface area contributed by atoms with Crippen molar-refractivity contribution in [2.75, 3.05) is 19.8 Å². The Morgan fingerprint density at radius 2 is 1.50 bits per heavy atom. The number of rotatable bonds is 14. The van der Waals surface area contributed by atoms with Crippen LogP contribution in [0.25, 0.3) is 0 Å².